The number of benzene rings is 1. The van der Waals surface area contributed by atoms with E-state index in [4.69, 9.17) is 16.3 Å². The second kappa shape index (κ2) is 6.15. The molecular formula is C16H22ClNO. The number of halogens is 1. The molecule has 1 saturated heterocycles. The predicted molar refractivity (Wildman–Crippen MR) is 79.0 cm³/mol. The van der Waals surface area contributed by atoms with Crippen LogP contribution in [0.5, 0.6) is 5.75 Å². The lowest BCUT2D eigenvalue weighted by Crippen LogP contribution is -2.35. The zero-order valence-corrected chi connectivity index (χ0v) is 12.1. The molecule has 0 amide bonds. The fraction of sp³-hybridized carbons (Fsp3) is 0.625. The highest BCUT2D eigenvalue weighted by molar-refractivity contribution is 6.30. The largest absolute Gasteiger partial charge is 0.493 e. The Bertz CT molecular complexity index is 425. The van der Waals surface area contributed by atoms with Crippen LogP contribution in [0.3, 0.4) is 0 Å². The van der Waals surface area contributed by atoms with E-state index < -0.39 is 0 Å². The fourth-order valence-electron chi connectivity index (χ4n) is 2.70. The van der Waals surface area contributed by atoms with E-state index in [9.17, 15) is 0 Å². The van der Waals surface area contributed by atoms with Crippen LogP contribution in [0.2, 0.25) is 5.02 Å². The Morgan fingerprint density at radius 1 is 1.16 bits per heavy atom. The van der Waals surface area contributed by atoms with Crippen LogP contribution in [-0.4, -0.2) is 19.2 Å². The molecule has 1 aromatic carbocycles. The molecule has 0 spiro atoms. The van der Waals surface area contributed by atoms with Crippen molar-refractivity contribution in [2.75, 3.05) is 13.2 Å². The summed E-state index contributed by atoms with van der Waals surface area (Å²) in [5, 5.41) is 4.37. The summed E-state index contributed by atoms with van der Waals surface area (Å²) >= 11 is 6.20. The van der Waals surface area contributed by atoms with Crippen LogP contribution in [0.15, 0.2) is 18.2 Å². The molecule has 1 unspecified atom stereocenters. The second-order valence-electron chi connectivity index (χ2n) is 5.90. The van der Waals surface area contributed by atoms with Crippen molar-refractivity contribution in [3.8, 4) is 5.75 Å². The van der Waals surface area contributed by atoms with Crippen LogP contribution < -0.4 is 10.1 Å². The number of nitrogens with one attached hydrogen (secondary N) is 1. The molecule has 0 bridgehead atoms. The van der Waals surface area contributed by atoms with Gasteiger partial charge in [0, 0.05) is 11.1 Å². The van der Waals surface area contributed by atoms with E-state index in [-0.39, 0.29) is 0 Å². The Morgan fingerprint density at radius 3 is 2.79 bits per heavy atom. The molecular weight excluding hydrogens is 258 g/mol. The first-order valence-electron chi connectivity index (χ1n) is 7.45. The first-order valence-corrected chi connectivity index (χ1v) is 7.83. The van der Waals surface area contributed by atoms with Crippen molar-refractivity contribution >= 4 is 11.6 Å². The minimum absolute atomic E-state index is 0.600. The number of hydrogen-bond acceptors (Lipinski definition) is 2. The average molecular weight is 280 g/mol. The summed E-state index contributed by atoms with van der Waals surface area (Å²) in [6, 6.07) is 6.76. The van der Waals surface area contributed by atoms with Gasteiger partial charge in [-0.3, -0.25) is 0 Å². The third-order valence-corrected chi connectivity index (χ3v) is 4.23. The van der Waals surface area contributed by atoms with E-state index in [0.29, 0.717) is 6.04 Å². The van der Waals surface area contributed by atoms with Gasteiger partial charge < -0.3 is 10.1 Å². The summed E-state index contributed by atoms with van der Waals surface area (Å²) in [5.41, 5.74) is 1.29. The van der Waals surface area contributed by atoms with Crippen molar-refractivity contribution in [2.45, 2.75) is 44.6 Å². The standard InChI is InChI=1S/C16H22ClNO/c17-14-7-13(8-15-3-1-2-6-18-15)9-16(10-14)19-11-12-4-5-12/h7,9-10,12,15,18H,1-6,8,11H2. The zero-order valence-electron chi connectivity index (χ0n) is 11.3. The molecule has 19 heavy (non-hydrogen) atoms. The van der Waals surface area contributed by atoms with Gasteiger partial charge in [-0.2, -0.15) is 0 Å². The lowest BCUT2D eigenvalue weighted by atomic mass is 9.98. The predicted octanol–water partition coefficient (Wildman–Crippen LogP) is 3.81. The Hall–Kier alpha value is -0.730. The van der Waals surface area contributed by atoms with Gasteiger partial charge in [-0.15, -0.1) is 0 Å². The van der Waals surface area contributed by atoms with Gasteiger partial charge in [0.2, 0.25) is 0 Å². The molecule has 0 aromatic heterocycles. The number of piperidine rings is 1. The molecule has 2 fully saturated rings. The Labute approximate surface area is 120 Å². The Morgan fingerprint density at radius 2 is 2.05 bits per heavy atom. The van der Waals surface area contributed by atoms with E-state index >= 15 is 0 Å². The fourth-order valence-corrected chi connectivity index (χ4v) is 2.95. The summed E-state index contributed by atoms with van der Waals surface area (Å²) in [4.78, 5) is 0. The van der Waals surface area contributed by atoms with Gasteiger partial charge in [0.15, 0.2) is 0 Å². The van der Waals surface area contributed by atoms with Gasteiger partial charge in [0.25, 0.3) is 0 Å². The van der Waals surface area contributed by atoms with Crippen LogP contribution in [0.1, 0.15) is 37.7 Å². The molecule has 0 radical (unpaired) electrons. The van der Waals surface area contributed by atoms with Gasteiger partial charge in [-0.25, -0.2) is 0 Å². The summed E-state index contributed by atoms with van der Waals surface area (Å²) < 4.78 is 5.84. The normalized spacial score (nSPS) is 23.3. The Kier molecular flexibility index (Phi) is 4.29. The Balaban J connectivity index is 1.62. The van der Waals surface area contributed by atoms with Crippen LogP contribution in [0, 0.1) is 5.92 Å². The smallest absolute Gasteiger partial charge is 0.121 e. The van der Waals surface area contributed by atoms with Gasteiger partial charge in [0.1, 0.15) is 5.75 Å². The lowest BCUT2D eigenvalue weighted by Gasteiger charge is -2.23. The molecule has 1 aliphatic heterocycles. The first kappa shape index (κ1) is 13.3. The van der Waals surface area contributed by atoms with Crippen LogP contribution in [0.4, 0.5) is 0 Å². The topological polar surface area (TPSA) is 21.3 Å². The van der Waals surface area contributed by atoms with Crippen LogP contribution >= 0.6 is 11.6 Å². The van der Waals surface area contributed by atoms with Crippen molar-refractivity contribution in [3.63, 3.8) is 0 Å². The number of hydrogen-bond donors (Lipinski definition) is 1. The monoisotopic (exact) mass is 279 g/mol. The molecule has 3 heteroatoms. The van der Waals surface area contributed by atoms with Gasteiger partial charge in [0.05, 0.1) is 6.61 Å². The number of ether oxygens (including phenoxy) is 1. The van der Waals surface area contributed by atoms with E-state index in [2.05, 4.69) is 17.4 Å². The molecule has 1 N–H and O–H groups in total. The van der Waals surface area contributed by atoms with Gasteiger partial charge in [-0.1, -0.05) is 18.0 Å². The zero-order chi connectivity index (χ0) is 13.1. The molecule has 2 nitrogen and oxygen atoms in total. The molecule has 3 rings (SSSR count). The SMILES string of the molecule is Clc1cc(CC2CCCCN2)cc(OCC2CC2)c1. The molecule has 1 heterocycles. The van der Waals surface area contributed by atoms with E-state index in [1.54, 1.807) is 0 Å². The summed E-state index contributed by atoms with van der Waals surface area (Å²) in [6.45, 7) is 2.00. The quantitative estimate of drug-likeness (QED) is 0.885. The maximum absolute atomic E-state index is 6.20. The van der Waals surface area contributed by atoms with E-state index in [0.717, 1.165) is 36.3 Å². The van der Waals surface area contributed by atoms with E-state index in [1.807, 2.05) is 6.07 Å². The summed E-state index contributed by atoms with van der Waals surface area (Å²) in [5.74, 6) is 1.72. The highest BCUT2D eigenvalue weighted by atomic mass is 35.5. The minimum Gasteiger partial charge on any atom is -0.493 e. The maximum atomic E-state index is 6.20. The summed E-state index contributed by atoms with van der Waals surface area (Å²) in [7, 11) is 0. The highest BCUT2D eigenvalue weighted by Gasteiger charge is 2.22. The molecule has 1 aromatic rings. The molecule has 1 atom stereocenters. The molecule has 1 aliphatic carbocycles. The highest BCUT2D eigenvalue weighted by Crippen LogP contribution is 2.30. The van der Waals surface area contributed by atoms with Crippen molar-refractivity contribution in [1.29, 1.82) is 0 Å². The minimum atomic E-state index is 0.600. The summed E-state index contributed by atoms with van der Waals surface area (Å²) in [6.07, 6.45) is 7.61. The maximum Gasteiger partial charge on any atom is 0.121 e. The first-order chi connectivity index (χ1) is 9.29. The van der Waals surface area contributed by atoms with Crippen LogP contribution in [-0.2, 0) is 6.42 Å². The second-order valence-corrected chi connectivity index (χ2v) is 6.34. The third-order valence-electron chi connectivity index (χ3n) is 4.01. The van der Waals surface area contributed by atoms with Crippen molar-refractivity contribution < 1.29 is 4.74 Å². The lowest BCUT2D eigenvalue weighted by molar-refractivity contribution is 0.299. The molecule has 2 aliphatic rings. The van der Waals surface area contributed by atoms with Gasteiger partial charge in [-0.05, 0) is 68.3 Å². The average Bonchev–Trinajstić information content (AvgIpc) is 3.21. The van der Waals surface area contributed by atoms with Crippen molar-refractivity contribution in [2.24, 2.45) is 5.92 Å². The molecule has 104 valence electrons. The third kappa shape index (κ3) is 4.12. The van der Waals surface area contributed by atoms with Crippen molar-refractivity contribution in [1.82, 2.24) is 5.32 Å². The van der Waals surface area contributed by atoms with Crippen molar-refractivity contribution in [3.05, 3.63) is 28.8 Å². The van der Waals surface area contributed by atoms with Crippen LogP contribution in [0.25, 0.3) is 0 Å². The molecule has 1 saturated carbocycles. The van der Waals surface area contributed by atoms with Gasteiger partial charge >= 0.3 is 0 Å². The van der Waals surface area contributed by atoms with E-state index in [1.165, 1.54) is 37.7 Å². The number of rotatable bonds is 5.